The Morgan fingerprint density at radius 3 is 2.59 bits per heavy atom. The molecule has 0 unspecified atom stereocenters. The van der Waals surface area contributed by atoms with Gasteiger partial charge in [-0.1, -0.05) is 20.4 Å². The van der Waals surface area contributed by atoms with E-state index in [1.54, 1.807) is 13.2 Å². The van der Waals surface area contributed by atoms with Gasteiger partial charge in [0.25, 0.3) is 0 Å². The van der Waals surface area contributed by atoms with Crippen LogP contribution in [0.5, 0.6) is 5.75 Å². The fourth-order valence-corrected chi connectivity index (χ4v) is 1.73. The molecule has 0 saturated heterocycles. The van der Waals surface area contributed by atoms with Crippen molar-refractivity contribution in [2.75, 3.05) is 7.11 Å². The third kappa shape index (κ3) is 3.73. The van der Waals surface area contributed by atoms with Gasteiger partial charge < -0.3 is 9.47 Å². The fourth-order valence-electron chi connectivity index (χ4n) is 1.39. The summed E-state index contributed by atoms with van der Waals surface area (Å²) >= 11 is 3.32. The largest absolute Gasteiger partial charge is 0.498 e. The van der Waals surface area contributed by atoms with E-state index in [2.05, 4.69) is 22.5 Å². The molecule has 1 atom stereocenters. The Morgan fingerprint density at radius 2 is 2.06 bits per heavy atom. The molecule has 0 N–H and O–H groups in total. The highest BCUT2D eigenvalue weighted by atomic mass is 79.9. The third-order valence-corrected chi connectivity index (χ3v) is 2.99. The molecule has 0 aliphatic carbocycles. The SMILES string of the molecule is C=C(OC)[C@H](Oc1cc(F)ccc1Br)C(C)C. The standard InChI is InChI=1S/C13H16BrFO2/c1-8(2)13(9(3)16-4)17-12-7-10(15)5-6-11(12)14/h5-8,13H,3H2,1-2,4H3/t13-/m1/s1. The molecule has 0 heterocycles. The number of methoxy groups -OCH3 is 1. The van der Waals surface area contributed by atoms with E-state index in [9.17, 15) is 4.39 Å². The first-order valence-corrected chi connectivity index (χ1v) is 6.09. The lowest BCUT2D eigenvalue weighted by molar-refractivity contribution is 0.113. The van der Waals surface area contributed by atoms with E-state index in [0.29, 0.717) is 16.0 Å². The predicted molar refractivity (Wildman–Crippen MR) is 69.5 cm³/mol. The molecule has 4 heteroatoms. The molecule has 17 heavy (non-hydrogen) atoms. The first-order chi connectivity index (χ1) is 7.95. The zero-order valence-electron chi connectivity index (χ0n) is 10.2. The second-order valence-electron chi connectivity index (χ2n) is 4.03. The highest BCUT2D eigenvalue weighted by molar-refractivity contribution is 9.10. The number of benzene rings is 1. The second kappa shape index (κ2) is 6.05. The number of hydrogen-bond acceptors (Lipinski definition) is 2. The Morgan fingerprint density at radius 1 is 1.41 bits per heavy atom. The van der Waals surface area contributed by atoms with Crippen LogP contribution >= 0.6 is 15.9 Å². The Labute approximate surface area is 110 Å². The molecule has 0 radical (unpaired) electrons. The lowest BCUT2D eigenvalue weighted by atomic mass is 10.1. The third-order valence-electron chi connectivity index (χ3n) is 2.33. The van der Waals surface area contributed by atoms with Crippen LogP contribution in [0, 0.1) is 11.7 Å². The van der Waals surface area contributed by atoms with E-state index in [0.717, 1.165) is 0 Å². The fraction of sp³-hybridized carbons (Fsp3) is 0.385. The predicted octanol–water partition coefficient (Wildman–Crippen LogP) is 4.15. The van der Waals surface area contributed by atoms with E-state index in [1.807, 2.05) is 13.8 Å². The average molecular weight is 303 g/mol. The van der Waals surface area contributed by atoms with Crippen LogP contribution in [0.15, 0.2) is 35.0 Å². The monoisotopic (exact) mass is 302 g/mol. The van der Waals surface area contributed by atoms with Crippen LogP contribution in [0.1, 0.15) is 13.8 Å². The van der Waals surface area contributed by atoms with Crippen molar-refractivity contribution in [3.8, 4) is 5.75 Å². The number of hydrogen-bond donors (Lipinski definition) is 0. The molecule has 0 bridgehead atoms. The van der Waals surface area contributed by atoms with Crippen molar-refractivity contribution in [2.45, 2.75) is 20.0 Å². The minimum atomic E-state index is -0.339. The maximum absolute atomic E-state index is 13.1. The summed E-state index contributed by atoms with van der Waals surface area (Å²) in [5.74, 6) is 0.810. The highest BCUT2D eigenvalue weighted by Crippen LogP contribution is 2.29. The lowest BCUT2D eigenvalue weighted by Crippen LogP contribution is -2.26. The molecular formula is C13H16BrFO2. The van der Waals surface area contributed by atoms with Gasteiger partial charge in [0.2, 0.25) is 0 Å². The Hall–Kier alpha value is -1.03. The molecule has 1 rings (SSSR count). The molecule has 0 aromatic heterocycles. The van der Waals surface area contributed by atoms with E-state index >= 15 is 0 Å². The first kappa shape index (κ1) is 14.0. The van der Waals surface area contributed by atoms with Gasteiger partial charge in [0.15, 0.2) is 6.10 Å². The van der Waals surface area contributed by atoms with Crippen molar-refractivity contribution < 1.29 is 13.9 Å². The van der Waals surface area contributed by atoms with Crippen molar-refractivity contribution in [3.63, 3.8) is 0 Å². The maximum Gasteiger partial charge on any atom is 0.157 e. The first-order valence-electron chi connectivity index (χ1n) is 5.30. The number of ether oxygens (including phenoxy) is 2. The molecule has 1 aromatic carbocycles. The summed E-state index contributed by atoms with van der Waals surface area (Å²) < 4.78 is 24.6. The quantitative estimate of drug-likeness (QED) is 0.761. The smallest absolute Gasteiger partial charge is 0.157 e. The zero-order valence-corrected chi connectivity index (χ0v) is 11.8. The summed E-state index contributed by atoms with van der Waals surface area (Å²) in [6, 6.07) is 4.31. The second-order valence-corrected chi connectivity index (χ2v) is 4.88. The van der Waals surface area contributed by atoms with Gasteiger partial charge in [0, 0.05) is 6.07 Å². The van der Waals surface area contributed by atoms with Crippen molar-refractivity contribution in [1.29, 1.82) is 0 Å². The van der Waals surface area contributed by atoms with Gasteiger partial charge in [0.1, 0.15) is 17.3 Å². The van der Waals surface area contributed by atoms with Gasteiger partial charge in [0.05, 0.1) is 11.6 Å². The molecule has 0 spiro atoms. The van der Waals surface area contributed by atoms with Gasteiger partial charge in [-0.3, -0.25) is 0 Å². The number of halogens is 2. The molecule has 0 fully saturated rings. The summed E-state index contributed by atoms with van der Waals surface area (Å²) in [5.41, 5.74) is 0. The van der Waals surface area contributed by atoms with Gasteiger partial charge in [-0.2, -0.15) is 0 Å². The van der Waals surface area contributed by atoms with Crippen molar-refractivity contribution in [2.24, 2.45) is 5.92 Å². The number of rotatable bonds is 5. The topological polar surface area (TPSA) is 18.5 Å². The molecule has 1 aromatic rings. The minimum absolute atomic E-state index is 0.178. The normalized spacial score (nSPS) is 12.4. The Kier molecular flexibility index (Phi) is 5.00. The molecule has 0 amide bonds. The van der Waals surface area contributed by atoms with Gasteiger partial charge >= 0.3 is 0 Å². The van der Waals surface area contributed by atoms with Gasteiger partial charge in [-0.25, -0.2) is 4.39 Å². The highest BCUT2D eigenvalue weighted by Gasteiger charge is 2.21. The zero-order chi connectivity index (χ0) is 13.0. The van der Waals surface area contributed by atoms with Gasteiger partial charge in [-0.15, -0.1) is 0 Å². The molecule has 94 valence electrons. The molecule has 2 nitrogen and oxygen atoms in total. The molecule has 0 aliphatic rings. The van der Waals surface area contributed by atoms with Crippen LogP contribution in [0.4, 0.5) is 4.39 Å². The van der Waals surface area contributed by atoms with Crippen LogP contribution in [-0.4, -0.2) is 13.2 Å². The van der Waals surface area contributed by atoms with E-state index in [1.165, 1.54) is 12.1 Å². The van der Waals surface area contributed by atoms with E-state index in [-0.39, 0.29) is 17.8 Å². The van der Waals surface area contributed by atoms with Crippen molar-refractivity contribution >= 4 is 15.9 Å². The van der Waals surface area contributed by atoms with Crippen LogP contribution in [0.25, 0.3) is 0 Å². The molecule has 0 aliphatic heterocycles. The summed E-state index contributed by atoms with van der Waals surface area (Å²) in [4.78, 5) is 0. The molecule has 0 saturated carbocycles. The van der Waals surface area contributed by atoms with Gasteiger partial charge in [-0.05, 0) is 34.0 Å². The van der Waals surface area contributed by atoms with Crippen molar-refractivity contribution in [1.82, 2.24) is 0 Å². The van der Waals surface area contributed by atoms with Crippen LogP contribution in [0.2, 0.25) is 0 Å². The van der Waals surface area contributed by atoms with Crippen LogP contribution in [-0.2, 0) is 4.74 Å². The van der Waals surface area contributed by atoms with E-state index in [4.69, 9.17) is 9.47 Å². The summed E-state index contributed by atoms with van der Waals surface area (Å²) in [7, 11) is 1.54. The summed E-state index contributed by atoms with van der Waals surface area (Å²) in [6.45, 7) is 7.76. The molecular weight excluding hydrogens is 287 g/mol. The van der Waals surface area contributed by atoms with Crippen LogP contribution in [0.3, 0.4) is 0 Å². The average Bonchev–Trinajstić information content (AvgIpc) is 2.28. The van der Waals surface area contributed by atoms with Crippen LogP contribution < -0.4 is 4.74 Å². The Bertz CT molecular complexity index is 404. The van der Waals surface area contributed by atoms with E-state index < -0.39 is 0 Å². The Balaban J connectivity index is 2.93. The van der Waals surface area contributed by atoms with Crippen molar-refractivity contribution in [3.05, 3.63) is 40.8 Å². The maximum atomic E-state index is 13.1. The lowest BCUT2D eigenvalue weighted by Gasteiger charge is -2.24. The summed E-state index contributed by atoms with van der Waals surface area (Å²) in [5, 5.41) is 0. The minimum Gasteiger partial charge on any atom is -0.498 e. The summed E-state index contributed by atoms with van der Waals surface area (Å²) in [6.07, 6.45) is -0.307.